The van der Waals surface area contributed by atoms with Gasteiger partial charge >= 0.3 is 0 Å². The number of methoxy groups -OCH3 is 3. The lowest BCUT2D eigenvalue weighted by atomic mass is 10.00. The number of benzene rings is 2. The van der Waals surface area contributed by atoms with Crippen LogP contribution in [0, 0.1) is 11.8 Å². The van der Waals surface area contributed by atoms with Gasteiger partial charge in [0.05, 0.1) is 33.5 Å². The first-order valence-corrected chi connectivity index (χ1v) is 9.28. The molecule has 0 saturated heterocycles. The van der Waals surface area contributed by atoms with Crippen molar-refractivity contribution in [1.82, 2.24) is 0 Å². The van der Waals surface area contributed by atoms with E-state index >= 15 is 0 Å². The Labute approximate surface area is 168 Å². The third-order valence-corrected chi connectivity index (χ3v) is 4.27. The molecule has 0 aliphatic heterocycles. The van der Waals surface area contributed by atoms with Crippen LogP contribution in [0.15, 0.2) is 49.1 Å². The van der Waals surface area contributed by atoms with E-state index in [0.29, 0.717) is 30.5 Å². The summed E-state index contributed by atoms with van der Waals surface area (Å²) in [4.78, 5) is 0. The molecular formula is C24H28O4. The van der Waals surface area contributed by atoms with E-state index in [-0.39, 0.29) is 0 Å². The molecule has 0 unspecified atom stereocenters. The first-order valence-electron chi connectivity index (χ1n) is 9.28. The molecule has 4 heteroatoms. The number of hydrogen-bond acceptors (Lipinski definition) is 4. The van der Waals surface area contributed by atoms with Gasteiger partial charge < -0.3 is 18.9 Å². The van der Waals surface area contributed by atoms with Crippen molar-refractivity contribution in [3.63, 3.8) is 0 Å². The second-order valence-corrected chi connectivity index (χ2v) is 6.13. The molecule has 148 valence electrons. The van der Waals surface area contributed by atoms with E-state index in [1.165, 1.54) is 5.56 Å². The van der Waals surface area contributed by atoms with Crippen LogP contribution in [0.2, 0.25) is 0 Å². The van der Waals surface area contributed by atoms with Gasteiger partial charge in [-0.1, -0.05) is 48.2 Å². The van der Waals surface area contributed by atoms with Gasteiger partial charge in [-0.15, -0.1) is 6.58 Å². The van der Waals surface area contributed by atoms with Crippen molar-refractivity contribution >= 4 is 0 Å². The molecule has 4 nitrogen and oxygen atoms in total. The molecule has 0 aliphatic carbocycles. The predicted octanol–water partition coefficient (Wildman–Crippen LogP) is 4.44. The van der Waals surface area contributed by atoms with Gasteiger partial charge in [-0.25, -0.2) is 0 Å². The SMILES string of the molecule is C=CCOCC#Cc1cc(CCCc2ccccc2)c(OC)c(OC)c1OC. The summed E-state index contributed by atoms with van der Waals surface area (Å²) >= 11 is 0. The minimum absolute atomic E-state index is 0.326. The van der Waals surface area contributed by atoms with Crippen LogP contribution in [-0.4, -0.2) is 34.5 Å². The lowest BCUT2D eigenvalue weighted by Crippen LogP contribution is -2.02. The minimum atomic E-state index is 0.326. The highest BCUT2D eigenvalue weighted by Gasteiger charge is 2.19. The van der Waals surface area contributed by atoms with E-state index in [0.717, 1.165) is 30.4 Å². The zero-order valence-corrected chi connectivity index (χ0v) is 16.9. The molecular weight excluding hydrogens is 352 g/mol. The van der Waals surface area contributed by atoms with Gasteiger partial charge in [0.25, 0.3) is 0 Å². The van der Waals surface area contributed by atoms with Gasteiger partial charge in [0.1, 0.15) is 6.61 Å². The van der Waals surface area contributed by atoms with Crippen LogP contribution < -0.4 is 14.2 Å². The lowest BCUT2D eigenvalue weighted by molar-refractivity contribution is 0.199. The Hall–Kier alpha value is -2.90. The fourth-order valence-corrected chi connectivity index (χ4v) is 3.02. The van der Waals surface area contributed by atoms with Crippen molar-refractivity contribution in [2.24, 2.45) is 0 Å². The summed E-state index contributed by atoms with van der Waals surface area (Å²) in [6, 6.07) is 12.5. The predicted molar refractivity (Wildman–Crippen MR) is 112 cm³/mol. The quantitative estimate of drug-likeness (QED) is 0.347. The average Bonchev–Trinajstić information content (AvgIpc) is 2.73. The summed E-state index contributed by atoms with van der Waals surface area (Å²) in [5.41, 5.74) is 3.13. The Bertz CT molecular complexity index is 816. The Balaban J connectivity index is 2.26. The van der Waals surface area contributed by atoms with Crippen LogP contribution in [0.4, 0.5) is 0 Å². The molecule has 0 amide bonds. The maximum atomic E-state index is 5.64. The first kappa shape index (κ1) is 21.4. The van der Waals surface area contributed by atoms with Crippen LogP contribution >= 0.6 is 0 Å². The molecule has 28 heavy (non-hydrogen) atoms. The molecule has 2 aromatic rings. The molecule has 0 saturated carbocycles. The topological polar surface area (TPSA) is 36.9 Å². The lowest BCUT2D eigenvalue weighted by Gasteiger charge is -2.17. The van der Waals surface area contributed by atoms with Crippen LogP contribution in [0.1, 0.15) is 23.1 Å². The maximum absolute atomic E-state index is 5.64. The molecule has 0 heterocycles. The van der Waals surface area contributed by atoms with Gasteiger partial charge in [0.2, 0.25) is 5.75 Å². The van der Waals surface area contributed by atoms with Gasteiger partial charge in [0.15, 0.2) is 11.5 Å². The van der Waals surface area contributed by atoms with Crippen molar-refractivity contribution in [3.05, 3.63) is 65.7 Å². The van der Waals surface area contributed by atoms with Crippen molar-refractivity contribution in [1.29, 1.82) is 0 Å². The fraction of sp³-hybridized carbons (Fsp3) is 0.333. The van der Waals surface area contributed by atoms with Crippen molar-refractivity contribution in [3.8, 4) is 29.1 Å². The minimum Gasteiger partial charge on any atom is -0.492 e. The second kappa shape index (κ2) is 11.7. The largest absolute Gasteiger partial charge is 0.492 e. The highest BCUT2D eigenvalue weighted by atomic mass is 16.5. The molecule has 0 aromatic heterocycles. The monoisotopic (exact) mass is 380 g/mol. The summed E-state index contributed by atoms with van der Waals surface area (Å²) in [5, 5.41) is 0. The van der Waals surface area contributed by atoms with Crippen molar-refractivity contribution in [2.45, 2.75) is 19.3 Å². The molecule has 2 rings (SSSR count). The third kappa shape index (κ3) is 5.80. The second-order valence-electron chi connectivity index (χ2n) is 6.13. The first-order chi connectivity index (χ1) is 13.7. The Kier molecular flexibility index (Phi) is 8.97. The highest BCUT2D eigenvalue weighted by molar-refractivity contribution is 5.64. The van der Waals surface area contributed by atoms with Crippen LogP contribution in [0.5, 0.6) is 17.2 Å². The van der Waals surface area contributed by atoms with E-state index in [1.54, 1.807) is 27.4 Å². The standard InChI is InChI=1S/C24H28O4/c1-5-16-28-17-10-15-21-18-20(14-9-13-19-11-7-6-8-12-19)22(25-2)24(27-4)23(21)26-3/h5-8,11-12,18H,1,9,13-14,16-17H2,2-4H3. The van der Waals surface area contributed by atoms with Gasteiger partial charge in [-0.05, 0) is 36.5 Å². The molecule has 2 aromatic carbocycles. The summed E-state index contributed by atoms with van der Waals surface area (Å²) in [5.74, 6) is 7.98. The molecule has 0 N–H and O–H groups in total. The van der Waals surface area contributed by atoms with Gasteiger partial charge in [-0.2, -0.15) is 0 Å². The molecule has 0 radical (unpaired) electrons. The number of ether oxygens (including phenoxy) is 4. The molecule has 0 atom stereocenters. The molecule has 0 fully saturated rings. The van der Waals surface area contributed by atoms with E-state index in [2.05, 4.69) is 42.7 Å². The van der Waals surface area contributed by atoms with E-state index < -0.39 is 0 Å². The van der Waals surface area contributed by atoms with Gasteiger partial charge in [0, 0.05) is 0 Å². The molecule has 0 aliphatic rings. The fourth-order valence-electron chi connectivity index (χ4n) is 3.02. The summed E-state index contributed by atoms with van der Waals surface area (Å²) in [6.45, 7) is 4.42. The third-order valence-electron chi connectivity index (χ3n) is 4.27. The number of aryl methyl sites for hydroxylation is 2. The molecule has 0 spiro atoms. The average molecular weight is 380 g/mol. The zero-order valence-electron chi connectivity index (χ0n) is 16.9. The van der Waals surface area contributed by atoms with E-state index in [1.807, 2.05) is 12.1 Å². The zero-order chi connectivity index (χ0) is 20.2. The van der Waals surface area contributed by atoms with E-state index in [9.17, 15) is 0 Å². The summed E-state index contributed by atoms with van der Waals surface area (Å²) in [7, 11) is 4.86. The van der Waals surface area contributed by atoms with Crippen LogP contribution in [0.25, 0.3) is 0 Å². The van der Waals surface area contributed by atoms with Crippen LogP contribution in [0.3, 0.4) is 0 Å². The summed E-state index contributed by atoms with van der Waals surface area (Å²) in [6.07, 6.45) is 4.53. The van der Waals surface area contributed by atoms with Gasteiger partial charge in [-0.3, -0.25) is 0 Å². The van der Waals surface area contributed by atoms with Crippen LogP contribution in [-0.2, 0) is 17.6 Å². The Morgan fingerprint density at radius 3 is 2.29 bits per heavy atom. The Morgan fingerprint density at radius 2 is 1.64 bits per heavy atom. The highest BCUT2D eigenvalue weighted by Crippen LogP contribution is 2.43. The number of rotatable bonds is 10. The normalized spacial score (nSPS) is 9.96. The molecule has 0 bridgehead atoms. The smallest absolute Gasteiger partial charge is 0.204 e. The maximum Gasteiger partial charge on any atom is 0.204 e. The van der Waals surface area contributed by atoms with E-state index in [4.69, 9.17) is 18.9 Å². The van der Waals surface area contributed by atoms with Crippen molar-refractivity contribution < 1.29 is 18.9 Å². The summed E-state index contributed by atoms with van der Waals surface area (Å²) < 4.78 is 22.1. The van der Waals surface area contributed by atoms with Crippen molar-refractivity contribution in [2.75, 3.05) is 34.5 Å². The Morgan fingerprint density at radius 1 is 0.929 bits per heavy atom. The number of hydrogen-bond donors (Lipinski definition) is 0.